The van der Waals surface area contributed by atoms with Gasteiger partial charge >= 0.3 is 0 Å². The van der Waals surface area contributed by atoms with Crippen LogP contribution in [0.5, 0.6) is 0 Å². The van der Waals surface area contributed by atoms with Crippen LogP contribution in [0.4, 0.5) is 17.5 Å². The molecule has 0 amide bonds. The zero-order chi connectivity index (χ0) is 19.4. The van der Waals surface area contributed by atoms with E-state index >= 15 is 0 Å². The van der Waals surface area contributed by atoms with E-state index in [0.29, 0.717) is 39.7 Å². The maximum Gasteiger partial charge on any atom is 0.247 e. The number of para-hydroxylation sites is 1. The number of alkyl halides is 1. The molecule has 7 nitrogen and oxygen atoms in total. The van der Waals surface area contributed by atoms with Gasteiger partial charge in [-0.05, 0) is 42.2 Å². The second-order valence-electron chi connectivity index (χ2n) is 5.52. The monoisotopic (exact) mass is 493 g/mol. The standard InChI is InChI=1S/C17H14ClN7.CH3I/c1-9-20-17(25-24-9)23-16-12-4-2-3-5-14(12)21-15(22-16)11-7-6-10(19)8-13(11)18;1-2/h2-8H,19H2,1H3,(H2,20,21,22,23,24,25);1H3. The van der Waals surface area contributed by atoms with E-state index in [1.54, 1.807) is 12.1 Å². The number of nitrogens with zero attached hydrogens (tertiary/aromatic N) is 4. The van der Waals surface area contributed by atoms with Gasteiger partial charge in [-0.1, -0.05) is 46.3 Å². The molecule has 4 aromatic rings. The molecule has 0 fully saturated rings. The van der Waals surface area contributed by atoms with Gasteiger partial charge < -0.3 is 11.1 Å². The fraction of sp³-hybridized carbons (Fsp3) is 0.111. The Kier molecular flexibility index (Phi) is 6.07. The summed E-state index contributed by atoms with van der Waals surface area (Å²) in [4.78, 5) is 15.5. The zero-order valence-electron chi connectivity index (χ0n) is 14.7. The molecule has 9 heteroatoms. The molecule has 2 aromatic heterocycles. The highest BCUT2D eigenvalue weighted by molar-refractivity contribution is 14.1. The van der Waals surface area contributed by atoms with Crippen LogP contribution in [-0.4, -0.2) is 30.1 Å². The average molecular weight is 494 g/mol. The first-order valence-corrected chi connectivity index (χ1v) is 10.5. The van der Waals surface area contributed by atoms with Gasteiger partial charge in [-0.3, -0.25) is 5.10 Å². The predicted molar refractivity (Wildman–Crippen MR) is 119 cm³/mol. The topological polar surface area (TPSA) is 105 Å². The number of rotatable bonds is 3. The van der Waals surface area contributed by atoms with Crippen LogP contribution < -0.4 is 11.1 Å². The second-order valence-corrected chi connectivity index (χ2v) is 5.93. The van der Waals surface area contributed by atoms with Gasteiger partial charge in [-0.15, -0.1) is 5.10 Å². The number of aromatic amines is 1. The van der Waals surface area contributed by atoms with Gasteiger partial charge in [0.2, 0.25) is 5.95 Å². The van der Waals surface area contributed by atoms with Crippen LogP contribution in [0.2, 0.25) is 5.02 Å². The Morgan fingerprint density at radius 1 is 1.07 bits per heavy atom. The lowest BCUT2D eigenvalue weighted by atomic mass is 10.1. The highest BCUT2D eigenvalue weighted by Gasteiger charge is 2.13. The maximum absolute atomic E-state index is 6.32. The number of nitrogens with one attached hydrogen (secondary N) is 2. The minimum absolute atomic E-state index is 0.440. The van der Waals surface area contributed by atoms with E-state index in [9.17, 15) is 0 Å². The number of hydrogen-bond acceptors (Lipinski definition) is 6. The van der Waals surface area contributed by atoms with Crippen molar-refractivity contribution in [3.63, 3.8) is 0 Å². The molecule has 0 unspecified atom stereocenters. The summed E-state index contributed by atoms with van der Waals surface area (Å²) in [5.41, 5.74) is 7.85. The Morgan fingerprint density at radius 2 is 1.85 bits per heavy atom. The van der Waals surface area contributed by atoms with Crippen LogP contribution in [0.25, 0.3) is 22.3 Å². The summed E-state index contributed by atoms with van der Waals surface area (Å²) in [6, 6.07) is 13.0. The predicted octanol–water partition coefficient (Wildman–Crippen LogP) is 4.75. The average Bonchev–Trinajstić information content (AvgIpc) is 3.08. The molecule has 0 atom stereocenters. The molecular weight excluding hydrogens is 477 g/mol. The summed E-state index contributed by atoms with van der Waals surface area (Å²) in [6.45, 7) is 1.83. The fourth-order valence-corrected chi connectivity index (χ4v) is 2.78. The van der Waals surface area contributed by atoms with E-state index in [0.717, 1.165) is 10.9 Å². The van der Waals surface area contributed by atoms with Gasteiger partial charge in [0, 0.05) is 16.6 Å². The number of hydrogen-bond donors (Lipinski definition) is 3. The quantitative estimate of drug-likeness (QED) is 0.216. The van der Waals surface area contributed by atoms with Crippen molar-refractivity contribution in [3.05, 3.63) is 53.3 Å². The number of aryl methyl sites for hydroxylation is 1. The second kappa shape index (κ2) is 8.49. The van der Waals surface area contributed by atoms with Crippen molar-refractivity contribution in [3.8, 4) is 11.4 Å². The van der Waals surface area contributed by atoms with E-state index in [4.69, 9.17) is 17.3 Å². The summed E-state index contributed by atoms with van der Waals surface area (Å²) >= 11 is 8.47. The fourth-order valence-electron chi connectivity index (χ4n) is 2.51. The van der Waals surface area contributed by atoms with Crippen molar-refractivity contribution in [1.82, 2.24) is 25.1 Å². The number of halogens is 2. The first kappa shape index (κ1) is 19.3. The first-order chi connectivity index (χ1) is 13.1. The van der Waals surface area contributed by atoms with Gasteiger partial charge in [0.1, 0.15) is 11.6 Å². The van der Waals surface area contributed by atoms with E-state index < -0.39 is 0 Å². The molecule has 0 saturated heterocycles. The van der Waals surface area contributed by atoms with Crippen molar-refractivity contribution in [1.29, 1.82) is 0 Å². The molecule has 4 N–H and O–H groups in total. The third-order valence-electron chi connectivity index (χ3n) is 3.66. The third kappa shape index (κ3) is 4.28. The van der Waals surface area contributed by atoms with Crippen LogP contribution in [-0.2, 0) is 0 Å². The van der Waals surface area contributed by atoms with Gasteiger partial charge in [0.25, 0.3) is 0 Å². The van der Waals surface area contributed by atoms with Gasteiger partial charge in [-0.2, -0.15) is 4.98 Å². The van der Waals surface area contributed by atoms with E-state index in [1.807, 2.05) is 42.2 Å². The normalized spacial score (nSPS) is 10.4. The lowest BCUT2D eigenvalue weighted by Crippen LogP contribution is -2.01. The summed E-state index contributed by atoms with van der Waals surface area (Å²) in [5.74, 6) is 2.25. The van der Waals surface area contributed by atoms with E-state index in [-0.39, 0.29) is 0 Å². The van der Waals surface area contributed by atoms with Gasteiger partial charge in [0.05, 0.1) is 10.5 Å². The van der Waals surface area contributed by atoms with Gasteiger partial charge in [0.15, 0.2) is 5.82 Å². The Morgan fingerprint density at radius 3 is 2.56 bits per heavy atom. The lowest BCUT2D eigenvalue weighted by Gasteiger charge is -2.10. The molecule has 4 rings (SSSR count). The molecular formula is C18H17ClIN7. The molecule has 0 aliphatic heterocycles. The number of nitrogen functional groups attached to an aromatic ring is 1. The first-order valence-electron chi connectivity index (χ1n) is 7.96. The molecule has 0 radical (unpaired) electrons. The van der Waals surface area contributed by atoms with Crippen molar-refractivity contribution in [2.24, 2.45) is 0 Å². The molecule has 0 aliphatic rings. The lowest BCUT2D eigenvalue weighted by molar-refractivity contribution is 1.04. The summed E-state index contributed by atoms with van der Waals surface area (Å²) in [5, 5.41) is 11.4. The molecule has 0 saturated carbocycles. The molecule has 0 spiro atoms. The third-order valence-corrected chi connectivity index (χ3v) is 3.98. The number of anilines is 3. The van der Waals surface area contributed by atoms with Crippen LogP contribution in [0, 0.1) is 6.92 Å². The summed E-state index contributed by atoms with van der Waals surface area (Å²) in [7, 11) is 0. The maximum atomic E-state index is 6.32. The highest BCUT2D eigenvalue weighted by atomic mass is 127. The number of nitrogens with two attached hydrogens (primary N) is 1. The summed E-state index contributed by atoms with van der Waals surface area (Å²) < 4.78 is 0. The SMILES string of the molecule is CI.Cc1nc(Nc2nc(-c3ccc(N)cc3Cl)nc3ccccc23)n[nH]1. The summed E-state index contributed by atoms with van der Waals surface area (Å²) in [6.07, 6.45) is 0. The Labute approximate surface area is 174 Å². The number of benzene rings is 2. The molecule has 27 heavy (non-hydrogen) atoms. The Hall–Kier alpha value is -2.46. The minimum Gasteiger partial charge on any atom is -0.399 e. The zero-order valence-corrected chi connectivity index (χ0v) is 17.6. The van der Waals surface area contributed by atoms with Crippen molar-refractivity contribution in [2.75, 3.05) is 16.0 Å². The van der Waals surface area contributed by atoms with Crippen LogP contribution in [0.15, 0.2) is 42.5 Å². The number of H-pyrrole nitrogens is 1. The van der Waals surface area contributed by atoms with Crippen LogP contribution >= 0.6 is 34.2 Å². The Bertz CT molecular complexity index is 1080. The highest BCUT2D eigenvalue weighted by Crippen LogP contribution is 2.31. The molecule has 0 aliphatic carbocycles. The van der Waals surface area contributed by atoms with Crippen LogP contribution in [0.1, 0.15) is 5.82 Å². The van der Waals surface area contributed by atoms with Crippen LogP contribution in [0.3, 0.4) is 0 Å². The van der Waals surface area contributed by atoms with E-state index in [1.165, 1.54) is 0 Å². The minimum atomic E-state index is 0.440. The molecule has 0 bridgehead atoms. The largest absolute Gasteiger partial charge is 0.399 e. The van der Waals surface area contributed by atoms with Crippen molar-refractivity contribution >= 4 is 62.5 Å². The van der Waals surface area contributed by atoms with Crippen molar-refractivity contribution in [2.45, 2.75) is 6.92 Å². The smallest absolute Gasteiger partial charge is 0.247 e. The Balaban J connectivity index is 0.00000102. The van der Waals surface area contributed by atoms with Crippen molar-refractivity contribution < 1.29 is 0 Å². The van der Waals surface area contributed by atoms with E-state index in [2.05, 4.69) is 53.1 Å². The van der Waals surface area contributed by atoms with Gasteiger partial charge in [-0.25, -0.2) is 9.97 Å². The molecule has 2 heterocycles. The number of fused-ring (bicyclic) bond motifs is 1. The molecule has 2 aromatic carbocycles. The number of aromatic nitrogens is 5. The molecule has 138 valence electrons.